The number of hydrogen-bond acceptors (Lipinski definition) is 2. The maximum absolute atomic E-state index is 8.92. The highest BCUT2D eigenvalue weighted by Crippen LogP contribution is 2.26. The van der Waals surface area contributed by atoms with Crippen molar-refractivity contribution < 1.29 is 0 Å². The van der Waals surface area contributed by atoms with E-state index >= 15 is 0 Å². The third kappa shape index (κ3) is 2.57. The van der Waals surface area contributed by atoms with Crippen molar-refractivity contribution in [2.75, 3.05) is 0 Å². The van der Waals surface area contributed by atoms with Crippen LogP contribution in [0.5, 0.6) is 0 Å². The molecule has 0 amide bonds. The Labute approximate surface area is 108 Å². The van der Waals surface area contributed by atoms with Crippen molar-refractivity contribution in [3.8, 4) is 17.3 Å². The summed E-state index contributed by atoms with van der Waals surface area (Å²) in [6, 6.07) is 13.8. The molecule has 0 saturated carbocycles. The van der Waals surface area contributed by atoms with Gasteiger partial charge in [0.15, 0.2) is 0 Å². The van der Waals surface area contributed by atoms with E-state index in [4.69, 9.17) is 5.26 Å². The van der Waals surface area contributed by atoms with Gasteiger partial charge in [-0.15, -0.1) is 0 Å². The predicted octanol–water partition coefficient (Wildman–Crippen LogP) is 3.92. The zero-order chi connectivity index (χ0) is 13.2. The Morgan fingerprint density at radius 3 is 2.56 bits per heavy atom. The summed E-state index contributed by atoms with van der Waals surface area (Å²) in [4.78, 5) is 4.39. The Bertz CT molecular complexity index is 601. The molecule has 2 rings (SSSR count). The van der Waals surface area contributed by atoms with Crippen molar-refractivity contribution in [3.63, 3.8) is 0 Å². The third-order valence-electron chi connectivity index (χ3n) is 2.91. The lowest BCUT2D eigenvalue weighted by Gasteiger charge is -2.19. The summed E-state index contributed by atoms with van der Waals surface area (Å²) in [7, 11) is 0. The molecule has 0 fully saturated rings. The van der Waals surface area contributed by atoms with Crippen LogP contribution in [0.3, 0.4) is 0 Å². The van der Waals surface area contributed by atoms with Crippen LogP contribution < -0.4 is 0 Å². The van der Waals surface area contributed by atoms with Gasteiger partial charge in [-0.1, -0.05) is 32.9 Å². The second kappa shape index (κ2) is 4.62. The van der Waals surface area contributed by atoms with Gasteiger partial charge in [-0.05, 0) is 35.2 Å². The minimum absolute atomic E-state index is 0.102. The smallest absolute Gasteiger partial charge is 0.0991 e. The van der Waals surface area contributed by atoms with Crippen LogP contribution in [0.25, 0.3) is 11.3 Å². The molecule has 2 nitrogen and oxygen atoms in total. The highest BCUT2D eigenvalue weighted by atomic mass is 14.7. The predicted molar refractivity (Wildman–Crippen MR) is 73.1 cm³/mol. The molecule has 90 valence electrons. The van der Waals surface area contributed by atoms with E-state index < -0.39 is 0 Å². The van der Waals surface area contributed by atoms with Gasteiger partial charge in [0.2, 0.25) is 0 Å². The molecule has 1 heterocycles. The van der Waals surface area contributed by atoms with Crippen LogP contribution in [-0.2, 0) is 5.41 Å². The summed E-state index contributed by atoms with van der Waals surface area (Å²) in [5.41, 5.74) is 3.91. The molecule has 0 aliphatic rings. The first-order valence-corrected chi connectivity index (χ1v) is 5.98. The molecule has 0 aliphatic heterocycles. The standard InChI is InChI=1S/C16H16N2/c1-16(2,3)14-7-8-18-15(10-14)13-6-4-5-12(9-13)11-17/h4-10H,1-3H3. The summed E-state index contributed by atoms with van der Waals surface area (Å²) < 4.78 is 0. The Kier molecular flexibility index (Phi) is 3.16. The second-order valence-corrected chi connectivity index (χ2v) is 5.37. The average Bonchev–Trinajstić information content (AvgIpc) is 2.38. The molecule has 0 unspecified atom stereocenters. The molecule has 0 atom stereocenters. The lowest BCUT2D eigenvalue weighted by Crippen LogP contribution is -2.11. The zero-order valence-corrected chi connectivity index (χ0v) is 10.9. The maximum Gasteiger partial charge on any atom is 0.0991 e. The number of aromatic nitrogens is 1. The first-order valence-electron chi connectivity index (χ1n) is 5.98. The molecular weight excluding hydrogens is 220 g/mol. The quantitative estimate of drug-likeness (QED) is 0.752. The minimum Gasteiger partial charge on any atom is -0.256 e. The van der Waals surface area contributed by atoms with E-state index in [9.17, 15) is 0 Å². The van der Waals surface area contributed by atoms with Gasteiger partial charge in [0.25, 0.3) is 0 Å². The Morgan fingerprint density at radius 1 is 1.11 bits per heavy atom. The first-order chi connectivity index (χ1) is 8.50. The number of pyridine rings is 1. The van der Waals surface area contributed by atoms with Crippen LogP contribution >= 0.6 is 0 Å². The number of nitrogens with zero attached hydrogens (tertiary/aromatic N) is 2. The van der Waals surface area contributed by atoms with Crippen LogP contribution in [0.4, 0.5) is 0 Å². The van der Waals surface area contributed by atoms with Gasteiger partial charge in [0.1, 0.15) is 0 Å². The first kappa shape index (κ1) is 12.3. The van der Waals surface area contributed by atoms with E-state index in [1.54, 1.807) is 6.07 Å². The summed E-state index contributed by atoms with van der Waals surface area (Å²) in [6.45, 7) is 6.54. The van der Waals surface area contributed by atoms with E-state index in [0.29, 0.717) is 5.56 Å². The van der Waals surface area contributed by atoms with Gasteiger partial charge in [-0.2, -0.15) is 5.26 Å². The van der Waals surface area contributed by atoms with Crippen LogP contribution in [0.2, 0.25) is 0 Å². The van der Waals surface area contributed by atoms with E-state index in [1.807, 2.05) is 30.5 Å². The second-order valence-electron chi connectivity index (χ2n) is 5.37. The fraction of sp³-hybridized carbons (Fsp3) is 0.250. The summed E-state index contributed by atoms with van der Waals surface area (Å²) >= 11 is 0. The molecule has 0 spiro atoms. The zero-order valence-electron chi connectivity index (χ0n) is 10.9. The van der Waals surface area contributed by atoms with Crippen LogP contribution in [0.1, 0.15) is 31.9 Å². The Morgan fingerprint density at radius 2 is 1.89 bits per heavy atom. The Hall–Kier alpha value is -2.14. The SMILES string of the molecule is CC(C)(C)c1ccnc(-c2cccc(C#N)c2)c1. The minimum atomic E-state index is 0.102. The van der Waals surface area contributed by atoms with Crippen molar-refractivity contribution in [1.82, 2.24) is 4.98 Å². The van der Waals surface area contributed by atoms with E-state index in [1.165, 1.54) is 5.56 Å². The largest absolute Gasteiger partial charge is 0.256 e. The van der Waals surface area contributed by atoms with E-state index in [0.717, 1.165) is 11.3 Å². The van der Waals surface area contributed by atoms with Gasteiger partial charge < -0.3 is 0 Å². The molecule has 1 aromatic heterocycles. The monoisotopic (exact) mass is 236 g/mol. The number of nitriles is 1. The van der Waals surface area contributed by atoms with Crippen molar-refractivity contribution in [3.05, 3.63) is 53.7 Å². The lowest BCUT2D eigenvalue weighted by atomic mass is 9.87. The number of rotatable bonds is 1. The molecule has 1 aromatic carbocycles. The summed E-state index contributed by atoms with van der Waals surface area (Å²) in [5, 5.41) is 8.92. The van der Waals surface area contributed by atoms with Crippen molar-refractivity contribution >= 4 is 0 Å². The van der Waals surface area contributed by atoms with Crippen LogP contribution in [0.15, 0.2) is 42.6 Å². The highest BCUT2D eigenvalue weighted by molar-refractivity contribution is 5.62. The summed E-state index contributed by atoms with van der Waals surface area (Å²) in [6.07, 6.45) is 1.83. The molecule has 2 heteroatoms. The normalized spacial score (nSPS) is 11.0. The Balaban J connectivity index is 2.48. The molecule has 0 saturated heterocycles. The van der Waals surface area contributed by atoms with E-state index in [2.05, 4.69) is 37.9 Å². The van der Waals surface area contributed by atoms with Gasteiger partial charge in [-0.3, -0.25) is 4.98 Å². The van der Waals surface area contributed by atoms with Gasteiger partial charge in [0.05, 0.1) is 17.3 Å². The molecule has 18 heavy (non-hydrogen) atoms. The fourth-order valence-electron chi connectivity index (χ4n) is 1.80. The average molecular weight is 236 g/mol. The maximum atomic E-state index is 8.92. The molecular formula is C16H16N2. The van der Waals surface area contributed by atoms with Crippen LogP contribution in [-0.4, -0.2) is 4.98 Å². The highest BCUT2D eigenvalue weighted by Gasteiger charge is 2.14. The number of hydrogen-bond donors (Lipinski definition) is 0. The third-order valence-corrected chi connectivity index (χ3v) is 2.91. The van der Waals surface area contributed by atoms with Gasteiger partial charge >= 0.3 is 0 Å². The molecule has 0 bridgehead atoms. The molecule has 0 N–H and O–H groups in total. The van der Waals surface area contributed by atoms with Gasteiger partial charge in [-0.25, -0.2) is 0 Å². The molecule has 2 aromatic rings. The topological polar surface area (TPSA) is 36.7 Å². The van der Waals surface area contributed by atoms with Crippen LogP contribution in [0, 0.1) is 11.3 Å². The van der Waals surface area contributed by atoms with Crippen molar-refractivity contribution in [2.24, 2.45) is 0 Å². The molecule has 0 radical (unpaired) electrons. The van der Waals surface area contributed by atoms with Crippen molar-refractivity contribution in [2.45, 2.75) is 26.2 Å². The van der Waals surface area contributed by atoms with Gasteiger partial charge in [0, 0.05) is 11.8 Å². The van der Waals surface area contributed by atoms with Crippen molar-refractivity contribution in [1.29, 1.82) is 5.26 Å². The lowest BCUT2D eigenvalue weighted by molar-refractivity contribution is 0.589. The fourth-order valence-corrected chi connectivity index (χ4v) is 1.80. The summed E-state index contributed by atoms with van der Waals surface area (Å²) in [5.74, 6) is 0. The molecule has 0 aliphatic carbocycles. The van der Waals surface area contributed by atoms with E-state index in [-0.39, 0.29) is 5.41 Å². The number of benzene rings is 1.